The number of piperidine rings is 1. The smallest absolute Gasteiger partial charge is 0.158 e. The highest BCUT2D eigenvalue weighted by atomic mass is 35.5. The van der Waals surface area contributed by atoms with Crippen LogP contribution in [0, 0.1) is 5.82 Å². The lowest BCUT2D eigenvalue weighted by Crippen LogP contribution is -2.38. The molecule has 1 saturated heterocycles. The van der Waals surface area contributed by atoms with Gasteiger partial charge in [-0.3, -0.25) is 0 Å². The number of H-pyrrole nitrogens is 1. The Bertz CT molecular complexity index is 1220. The van der Waals surface area contributed by atoms with Crippen molar-refractivity contribution < 1.29 is 4.39 Å². The van der Waals surface area contributed by atoms with Gasteiger partial charge in [-0.1, -0.05) is 23.7 Å². The van der Waals surface area contributed by atoms with E-state index in [9.17, 15) is 4.39 Å². The van der Waals surface area contributed by atoms with Crippen molar-refractivity contribution in [3.8, 4) is 11.3 Å². The number of aromatic amines is 1. The average molecular weight is 437 g/mol. The Labute approximate surface area is 184 Å². The number of nitrogens with zero attached hydrogens (tertiary/aromatic N) is 3. The van der Waals surface area contributed by atoms with Crippen LogP contribution in [0.25, 0.3) is 22.4 Å². The average Bonchev–Trinajstić information content (AvgIpc) is 3.17. The molecule has 1 fully saturated rings. The van der Waals surface area contributed by atoms with Crippen LogP contribution in [-0.4, -0.2) is 39.1 Å². The van der Waals surface area contributed by atoms with Crippen LogP contribution in [0.4, 0.5) is 10.2 Å². The maximum absolute atomic E-state index is 13.5. The topological polar surface area (TPSA) is 78.5 Å². The minimum Gasteiger partial charge on any atom is -0.366 e. The molecule has 1 aliphatic rings. The molecular formula is C23H22ClFN6. The summed E-state index contributed by atoms with van der Waals surface area (Å²) < 4.78 is 13.5. The molecule has 4 aromatic rings. The molecule has 0 aliphatic carbocycles. The second-order valence-electron chi connectivity index (χ2n) is 7.79. The molecule has 1 aromatic carbocycles. The summed E-state index contributed by atoms with van der Waals surface area (Å²) in [4.78, 5) is 17.0. The molecule has 3 aromatic heterocycles. The first-order valence-corrected chi connectivity index (χ1v) is 10.7. The Morgan fingerprint density at radius 1 is 1.16 bits per heavy atom. The third-order valence-electron chi connectivity index (χ3n) is 5.43. The number of aromatic nitrogens is 4. The van der Waals surface area contributed by atoms with Crippen molar-refractivity contribution in [3.05, 3.63) is 70.9 Å². The summed E-state index contributed by atoms with van der Waals surface area (Å²) in [6, 6.07) is 12.6. The number of anilines is 1. The predicted molar refractivity (Wildman–Crippen MR) is 121 cm³/mol. The third kappa shape index (κ3) is 4.52. The standard InChI is InChI=1S/C23H22ClFN6/c24-18-13-27-21(28-16-5-2-8-26-12-16)11-17(18)19-6-7-20-23(30-19)31-22(29-20)10-14-3-1-4-15(25)9-14/h1,3-4,6-7,9,11,13,16,26H,2,5,8,10,12H2,(H,27,28)(H,29,30,31). The van der Waals surface area contributed by atoms with Crippen molar-refractivity contribution in [2.45, 2.75) is 25.3 Å². The summed E-state index contributed by atoms with van der Waals surface area (Å²) >= 11 is 6.45. The first-order valence-electron chi connectivity index (χ1n) is 10.4. The van der Waals surface area contributed by atoms with Crippen molar-refractivity contribution in [2.75, 3.05) is 18.4 Å². The van der Waals surface area contributed by atoms with E-state index < -0.39 is 0 Å². The predicted octanol–water partition coefficient (Wildman–Crippen LogP) is 4.57. The normalized spacial score (nSPS) is 16.5. The van der Waals surface area contributed by atoms with Crippen LogP contribution in [0.15, 0.2) is 48.7 Å². The van der Waals surface area contributed by atoms with Crippen molar-refractivity contribution in [2.24, 2.45) is 0 Å². The van der Waals surface area contributed by atoms with Gasteiger partial charge < -0.3 is 15.6 Å². The van der Waals surface area contributed by atoms with E-state index in [4.69, 9.17) is 16.6 Å². The van der Waals surface area contributed by atoms with Gasteiger partial charge in [-0.15, -0.1) is 0 Å². The number of fused-ring (bicyclic) bond motifs is 1. The number of pyridine rings is 2. The van der Waals surface area contributed by atoms with Crippen molar-refractivity contribution >= 4 is 28.6 Å². The fourth-order valence-corrected chi connectivity index (χ4v) is 4.12. The molecular weight excluding hydrogens is 415 g/mol. The van der Waals surface area contributed by atoms with E-state index in [2.05, 4.69) is 25.6 Å². The van der Waals surface area contributed by atoms with E-state index in [1.165, 1.54) is 12.1 Å². The first-order chi connectivity index (χ1) is 15.1. The van der Waals surface area contributed by atoms with Crippen LogP contribution in [0.5, 0.6) is 0 Å². The van der Waals surface area contributed by atoms with Gasteiger partial charge in [-0.25, -0.2) is 19.3 Å². The molecule has 3 N–H and O–H groups in total. The maximum atomic E-state index is 13.5. The second-order valence-corrected chi connectivity index (χ2v) is 8.20. The van der Waals surface area contributed by atoms with Crippen LogP contribution in [0.2, 0.25) is 5.02 Å². The van der Waals surface area contributed by atoms with Gasteiger partial charge in [-0.2, -0.15) is 0 Å². The van der Waals surface area contributed by atoms with Crippen LogP contribution in [0.3, 0.4) is 0 Å². The number of rotatable bonds is 5. The van der Waals surface area contributed by atoms with Gasteiger partial charge >= 0.3 is 0 Å². The van der Waals surface area contributed by atoms with Gasteiger partial charge in [0.2, 0.25) is 0 Å². The van der Waals surface area contributed by atoms with Gasteiger partial charge in [0.25, 0.3) is 0 Å². The van der Waals surface area contributed by atoms with Crippen molar-refractivity contribution in [1.29, 1.82) is 0 Å². The van der Waals surface area contributed by atoms with Crippen molar-refractivity contribution in [3.63, 3.8) is 0 Å². The lowest BCUT2D eigenvalue weighted by Gasteiger charge is -2.24. The molecule has 158 valence electrons. The number of imidazole rings is 1. The molecule has 1 aliphatic heterocycles. The van der Waals surface area contributed by atoms with Gasteiger partial charge in [0.1, 0.15) is 23.0 Å². The number of nitrogens with one attached hydrogen (secondary N) is 3. The number of benzene rings is 1. The Morgan fingerprint density at radius 2 is 2.10 bits per heavy atom. The summed E-state index contributed by atoms with van der Waals surface area (Å²) in [5.74, 6) is 1.26. The van der Waals surface area contributed by atoms with Gasteiger partial charge in [0.05, 0.1) is 10.7 Å². The zero-order valence-electron chi connectivity index (χ0n) is 16.8. The Kier molecular flexibility index (Phi) is 5.53. The molecule has 6 nitrogen and oxygen atoms in total. The Morgan fingerprint density at radius 3 is 2.94 bits per heavy atom. The lowest BCUT2D eigenvalue weighted by molar-refractivity contribution is 0.479. The van der Waals surface area contributed by atoms with E-state index in [-0.39, 0.29) is 5.82 Å². The molecule has 1 atom stereocenters. The van der Waals surface area contributed by atoms with Gasteiger partial charge in [0, 0.05) is 30.8 Å². The SMILES string of the molecule is Fc1cccc(Cc2nc3ccc(-c4cc(NC5CCCNC5)ncc4Cl)nc3[nH]2)c1. The zero-order valence-corrected chi connectivity index (χ0v) is 17.6. The second kappa shape index (κ2) is 8.61. The maximum Gasteiger partial charge on any atom is 0.158 e. The molecule has 0 saturated carbocycles. The molecule has 31 heavy (non-hydrogen) atoms. The molecule has 0 bridgehead atoms. The zero-order chi connectivity index (χ0) is 21.2. The minimum atomic E-state index is -0.255. The Balaban J connectivity index is 1.41. The number of hydrogen-bond donors (Lipinski definition) is 3. The summed E-state index contributed by atoms with van der Waals surface area (Å²) in [7, 11) is 0. The largest absolute Gasteiger partial charge is 0.366 e. The summed E-state index contributed by atoms with van der Waals surface area (Å²) in [5.41, 5.74) is 3.83. The van der Waals surface area contributed by atoms with Crippen molar-refractivity contribution in [1.82, 2.24) is 25.3 Å². The van der Waals surface area contributed by atoms with Crippen LogP contribution in [0.1, 0.15) is 24.2 Å². The third-order valence-corrected chi connectivity index (χ3v) is 5.73. The molecule has 5 rings (SSSR count). The highest BCUT2D eigenvalue weighted by Gasteiger charge is 2.15. The number of halogens is 2. The molecule has 0 amide bonds. The quantitative estimate of drug-likeness (QED) is 0.427. The summed E-state index contributed by atoms with van der Waals surface area (Å²) in [5, 5.41) is 7.42. The highest BCUT2D eigenvalue weighted by Crippen LogP contribution is 2.29. The van der Waals surface area contributed by atoms with Crippen LogP contribution >= 0.6 is 11.6 Å². The summed E-state index contributed by atoms with van der Waals surface area (Å²) in [6.07, 6.45) is 4.42. The molecule has 0 spiro atoms. The van der Waals surface area contributed by atoms with Gasteiger partial charge in [0.15, 0.2) is 5.65 Å². The molecule has 1 unspecified atom stereocenters. The van der Waals surface area contributed by atoms with Crippen LogP contribution in [-0.2, 0) is 6.42 Å². The number of hydrogen-bond acceptors (Lipinski definition) is 5. The monoisotopic (exact) mass is 436 g/mol. The highest BCUT2D eigenvalue weighted by molar-refractivity contribution is 6.33. The van der Waals surface area contributed by atoms with E-state index in [1.54, 1.807) is 12.3 Å². The van der Waals surface area contributed by atoms with Gasteiger partial charge in [-0.05, 0) is 55.3 Å². The lowest BCUT2D eigenvalue weighted by atomic mass is 10.1. The van der Waals surface area contributed by atoms with E-state index in [0.717, 1.165) is 59.9 Å². The fraction of sp³-hybridized carbons (Fsp3) is 0.261. The van der Waals surface area contributed by atoms with Crippen LogP contribution < -0.4 is 10.6 Å². The van der Waals surface area contributed by atoms with E-state index >= 15 is 0 Å². The first kappa shape index (κ1) is 19.9. The minimum absolute atomic E-state index is 0.255. The molecule has 0 radical (unpaired) electrons. The fourth-order valence-electron chi connectivity index (χ4n) is 3.92. The Hall–Kier alpha value is -3.03. The van der Waals surface area contributed by atoms with E-state index in [0.29, 0.717) is 23.1 Å². The summed E-state index contributed by atoms with van der Waals surface area (Å²) in [6.45, 7) is 1.98. The molecule has 8 heteroatoms. The molecule has 4 heterocycles. The van der Waals surface area contributed by atoms with E-state index in [1.807, 2.05) is 24.3 Å².